The number of carbonyl (C=O) groups excluding carboxylic acids is 1. The number of rotatable bonds is 6. The van der Waals surface area contributed by atoms with Gasteiger partial charge >= 0.3 is 5.97 Å². The molecule has 0 radical (unpaired) electrons. The first-order chi connectivity index (χ1) is 11.8. The number of carboxylic acid groups (broad SMARTS) is 1. The van der Waals surface area contributed by atoms with E-state index in [1.54, 1.807) is 6.08 Å². The molecule has 4 nitrogen and oxygen atoms in total. The molecule has 2 rings (SSSR count). The van der Waals surface area contributed by atoms with Gasteiger partial charge in [0.05, 0.1) is 4.91 Å². The number of thiocarbonyl (C=S) groups is 1. The van der Waals surface area contributed by atoms with Gasteiger partial charge in [0.25, 0.3) is 5.91 Å². The zero-order valence-electron chi connectivity index (χ0n) is 13.8. The summed E-state index contributed by atoms with van der Waals surface area (Å²) in [6.07, 6.45) is 3.60. The highest BCUT2D eigenvalue weighted by atomic mass is 35.5. The van der Waals surface area contributed by atoms with Gasteiger partial charge in [0.1, 0.15) is 10.4 Å². The number of nitrogens with zero attached hydrogens (tertiary/aromatic N) is 1. The Balaban J connectivity index is 2.25. The largest absolute Gasteiger partial charge is 0.480 e. The third-order valence-electron chi connectivity index (χ3n) is 3.49. The third-order valence-corrected chi connectivity index (χ3v) is 5.04. The number of carbonyl (C=O) groups is 2. The summed E-state index contributed by atoms with van der Waals surface area (Å²) in [5.41, 5.74) is 0.905. The number of allylic oxidation sites excluding steroid dienone is 2. The van der Waals surface area contributed by atoms with Crippen LogP contribution in [0, 0.1) is 5.92 Å². The molecule has 1 atom stereocenters. The van der Waals surface area contributed by atoms with Crippen LogP contribution in [0.15, 0.2) is 46.3 Å². The van der Waals surface area contributed by atoms with Gasteiger partial charge < -0.3 is 5.11 Å². The minimum atomic E-state index is -1.06. The van der Waals surface area contributed by atoms with Crippen molar-refractivity contribution in [3.05, 3.63) is 51.9 Å². The molecule has 1 aliphatic rings. The van der Waals surface area contributed by atoms with Crippen LogP contribution in [-0.4, -0.2) is 32.2 Å². The van der Waals surface area contributed by atoms with Gasteiger partial charge in [-0.2, -0.15) is 0 Å². The molecule has 25 heavy (non-hydrogen) atoms. The molecule has 1 N–H and O–H groups in total. The quantitative estimate of drug-likeness (QED) is 0.567. The van der Waals surface area contributed by atoms with E-state index in [1.165, 1.54) is 11.0 Å². The lowest BCUT2D eigenvalue weighted by Crippen LogP contribution is -2.44. The SMILES string of the molecule is CC(C)CC(C(=O)O)N1C(=O)/C(=C/C(Cl)=C/c2ccccc2)SC1=S. The van der Waals surface area contributed by atoms with E-state index in [0.29, 0.717) is 16.4 Å². The van der Waals surface area contributed by atoms with Crippen LogP contribution < -0.4 is 0 Å². The fourth-order valence-corrected chi connectivity index (χ4v) is 4.03. The van der Waals surface area contributed by atoms with Crippen LogP contribution >= 0.6 is 35.6 Å². The molecule has 1 unspecified atom stereocenters. The van der Waals surface area contributed by atoms with Crippen LogP contribution in [0.2, 0.25) is 0 Å². The number of halogens is 1. The Labute approximate surface area is 161 Å². The predicted octanol–water partition coefficient (Wildman–Crippen LogP) is 4.51. The smallest absolute Gasteiger partial charge is 0.326 e. The molecule has 0 spiro atoms. The number of benzene rings is 1. The highest BCUT2D eigenvalue weighted by molar-refractivity contribution is 8.26. The minimum Gasteiger partial charge on any atom is -0.480 e. The molecule has 1 aromatic carbocycles. The summed E-state index contributed by atoms with van der Waals surface area (Å²) in [5.74, 6) is -1.35. The van der Waals surface area contributed by atoms with E-state index in [-0.39, 0.29) is 10.2 Å². The van der Waals surface area contributed by atoms with Gasteiger partial charge in [0.15, 0.2) is 0 Å². The number of hydrogen-bond donors (Lipinski definition) is 1. The fraction of sp³-hybridized carbons (Fsp3) is 0.278. The Hall–Kier alpha value is -1.63. The van der Waals surface area contributed by atoms with Crippen LogP contribution in [0.25, 0.3) is 6.08 Å². The molecule has 1 saturated heterocycles. The summed E-state index contributed by atoms with van der Waals surface area (Å²) in [5, 5.41) is 9.84. The van der Waals surface area contributed by atoms with E-state index < -0.39 is 17.9 Å². The molecular weight excluding hydrogens is 378 g/mol. The maximum Gasteiger partial charge on any atom is 0.326 e. The Kier molecular flexibility index (Phi) is 6.81. The van der Waals surface area contributed by atoms with E-state index >= 15 is 0 Å². The first-order valence-electron chi connectivity index (χ1n) is 7.71. The molecule has 1 aliphatic heterocycles. The Bertz CT molecular complexity index is 744. The lowest BCUT2D eigenvalue weighted by molar-refractivity contribution is -0.145. The second kappa shape index (κ2) is 8.65. The second-order valence-electron chi connectivity index (χ2n) is 5.98. The van der Waals surface area contributed by atoms with Crippen molar-refractivity contribution in [2.45, 2.75) is 26.3 Å². The summed E-state index contributed by atoms with van der Waals surface area (Å²) in [7, 11) is 0. The normalized spacial score (nSPS) is 18.3. The summed E-state index contributed by atoms with van der Waals surface area (Å²) in [4.78, 5) is 25.7. The van der Waals surface area contributed by atoms with Gasteiger partial charge in [0, 0.05) is 5.03 Å². The van der Waals surface area contributed by atoms with Crippen molar-refractivity contribution in [2.24, 2.45) is 5.92 Å². The maximum absolute atomic E-state index is 12.6. The van der Waals surface area contributed by atoms with Crippen molar-refractivity contribution in [1.82, 2.24) is 4.90 Å². The molecule has 0 aliphatic carbocycles. The Morgan fingerprint density at radius 3 is 2.56 bits per heavy atom. The molecule has 1 heterocycles. The molecule has 0 bridgehead atoms. The highest BCUT2D eigenvalue weighted by Gasteiger charge is 2.40. The van der Waals surface area contributed by atoms with E-state index in [4.69, 9.17) is 23.8 Å². The van der Waals surface area contributed by atoms with Gasteiger partial charge in [-0.3, -0.25) is 9.69 Å². The first-order valence-corrected chi connectivity index (χ1v) is 9.32. The lowest BCUT2D eigenvalue weighted by Gasteiger charge is -2.24. The van der Waals surface area contributed by atoms with E-state index in [0.717, 1.165) is 17.3 Å². The van der Waals surface area contributed by atoms with Crippen LogP contribution in [-0.2, 0) is 9.59 Å². The summed E-state index contributed by atoms with van der Waals surface area (Å²) < 4.78 is 0.244. The van der Waals surface area contributed by atoms with Gasteiger partial charge in [-0.15, -0.1) is 0 Å². The standard InChI is InChI=1S/C18H18ClNO3S2/c1-11(2)8-14(17(22)23)20-16(21)15(25-18(20)24)10-13(19)9-12-6-4-3-5-7-12/h3-7,9-11,14H,8H2,1-2H3,(H,22,23)/b13-9-,15-10-. The zero-order valence-corrected chi connectivity index (χ0v) is 16.2. The van der Waals surface area contributed by atoms with Crippen molar-refractivity contribution in [3.63, 3.8) is 0 Å². The van der Waals surface area contributed by atoms with Crippen LogP contribution in [0.4, 0.5) is 0 Å². The highest BCUT2D eigenvalue weighted by Crippen LogP contribution is 2.35. The molecule has 7 heteroatoms. The molecular formula is C18H18ClNO3S2. The number of amides is 1. The Morgan fingerprint density at radius 1 is 1.36 bits per heavy atom. The minimum absolute atomic E-state index is 0.122. The molecule has 1 fully saturated rings. The zero-order chi connectivity index (χ0) is 18.6. The summed E-state index contributed by atoms with van der Waals surface area (Å²) >= 11 is 12.5. The van der Waals surface area contributed by atoms with Crippen LogP contribution in [0.3, 0.4) is 0 Å². The predicted molar refractivity (Wildman–Crippen MR) is 106 cm³/mol. The fourth-order valence-electron chi connectivity index (χ4n) is 2.39. The van der Waals surface area contributed by atoms with Gasteiger partial charge in [-0.05, 0) is 30.1 Å². The van der Waals surface area contributed by atoms with Crippen molar-refractivity contribution < 1.29 is 14.7 Å². The molecule has 0 aromatic heterocycles. The van der Waals surface area contributed by atoms with Crippen molar-refractivity contribution in [1.29, 1.82) is 0 Å². The maximum atomic E-state index is 12.6. The number of carboxylic acids is 1. The number of hydrogen-bond acceptors (Lipinski definition) is 4. The first kappa shape index (κ1) is 19.7. The van der Waals surface area contributed by atoms with Crippen molar-refractivity contribution >= 4 is 57.9 Å². The molecule has 1 aromatic rings. The topological polar surface area (TPSA) is 57.6 Å². The molecule has 132 valence electrons. The van der Waals surface area contributed by atoms with Crippen molar-refractivity contribution in [2.75, 3.05) is 0 Å². The van der Waals surface area contributed by atoms with Crippen molar-refractivity contribution in [3.8, 4) is 0 Å². The summed E-state index contributed by atoms with van der Waals surface area (Å²) in [6.45, 7) is 3.81. The Morgan fingerprint density at radius 2 is 2.00 bits per heavy atom. The number of thioether (sulfide) groups is 1. The van der Waals surface area contributed by atoms with Gasteiger partial charge in [0.2, 0.25) is 0 Å². The van der Waals surface area contributed by atoms with E-state index in [1.807, 2.05) is 44.2 Å². The third kappa shape index (κ3) is 5.17. The van der Waals surface area contributed by atoms with Gasteiger partial charge in [-0.25, -0.2) is 4.79 Å². The van der Waals surface area contributed by atoms with Crippen LogP contribution in [0.1, 0.15) is 25.8 Å². The van der Waals surface area contributed by atoms with E-state index in [2.05, 4.69) is 0 Å². The van der Waals surface area contributed by atoms with E-state index in [9.17, 15) is 14.7 Å². The average molecular weight is 396 g/mol. The number of aliphatic carboxylic acids is 1. The molecule has 0 saturated carbocycles. The monoisotopic (exact) mass is 395 g/mol. The lowest BCUT2D eigenvalue weighted by atomic mass is 10.0. The van der Waals surface area contributed by atoms with Crippen LogP contribution in [0.5, 0.6) is 0 Å². The second-order valence-corrected chi connectivity index (χ2v) is 8.09. The molecule has 1 amide bonds. The average Bonchev–Trinajstić information content (AvgIpc) is 2.79. The van der Waals surface area contributed by atoms with Gasteiger partial charge in [-0.1, -0.05) is 79.8 Å². The summed E-state index contributed by atoms with van der Waals surface area (Å²) in [6, 6.07) is 8.50.